The SMILES string of the molecule is O=C(NC1CCCCC1)C(CO)NC(=O)C(c1ccccc1)c1ccccc1. The van der Waals surface area contributed by atoms with E-state index in [4.69, 9.17) is 0 Å². The molecule has 0 radical (unpaired) electrons. The smallest absolute Gasteiger partial charge is 0.245 e. The van der Waals surface area contributed by atoms with Crippen LogP contribution in [0.5, 0.6) is 0 Å². The number of rotatable bonds is 7. The van der Waals surface area contributed by atoms with Crippen LogP contribution in [-0.2, 0) is 9.59 Å². The van der Waals surface area contributed by atoms with Crippen LogP contribution in [-0.4, -0.2) is 35.6 Å². The number of aliphatic hydroxyl groups is 1. The van der Waals surface area contributed by atoms with Crippen molar-refractivity contribution in [3.63, 3.8) is 0 Å². The Morgan fingerprint density at radius 2 is 1.39 bits per heavy atom. The number of hydrogen-bond acceptors (Lipinski definition) is 3. The fraction of sp³-hybridized carbons (Fsp3) is 0.391. The Hall–Kier alpha value is -2.66. The van der Waals surface area contributed by atoms with Crippen LogP contribution in [0.2, 0.25) is 0 Å². The number of amides is 2. The number of carbonyl (C=O) groups is 2. The van der Waals surface area contributed by atoms with E-state index in [9.17, 15) is 14.7 Å². The highest BCUT2D eigenvalue weighted by atomic mass is 16.3. The van der Waals surface area contributed by atoms with Crippen molar-refractivity contribution in [2.75, 3.05) is 6.61 Å². The van der Waals surface area contributed by atoms with Crippen LogP contribution < -0.4 is 10.6 Å². The molecule has 0 aliphatic heterocycles. The summed E-state index contributed by atoms with van der Waals surface area (Å²) in [7, 11) is 0. The predicted octanol–water partition coefficient (Wildman–Crippen LogP) is 2.74. The number of aliphatic hydroxyl groups excluding tert-OH is 1. The van der Waals surface area contributed by atoms with Crippen molar-refractivity contribution in [3.8, 4) is 0 Å². The van der Waals surface area contributed by atoms with Gasteiger partial charge in [-0.1, -0.05) is 79.9 Å². The van der Waals surface area contributed by atoms with Gasteiger partial charge in [0.2, 0.25) is 11.8 Å². The van der Waals surface area contributed by atoms with Gasteiger partial charge in [-0.3, -0.25) is 9.59 Å². The second-order valence-corrected chi connectivity index (χ2v) is 7.34. The maximum atomic E-state index is 13.1. The molecule has 0 aromatic heterocycles. The average molecular weight is 380 g/mol. The van der Waals surface area contributed by atoms with E-state index >= 15 is 0 Å². The van der Waals surface area contributed by atoms with E-state index in [1.807, 2.05) is 60.7 Å². The monoisotopic (exact) mass is 380 g/mol. The Bertz CT molecular complexity index is 718. The van der Waals surface area contributed by atoms with Gasteiger partial charge in [0.15, 0.2) is 0 Å². The molecule has 28 heavy (non-hydrogen) atoms. The molecular formula is C23H28N2O3. The van der Waals surface area contributed by atoms with Gasteiger partial charge in [0.05, 0.1) is 12.5 Å². The molecule has 2 aromatic rings. The standard InChI is InChI=1S/C23H28N2O3/c26-16-20(22(27)24-19-14-8-3-9-15-19)25-23(28)21(17-10-4-1-5-11-17)18-12-6-2-7-13-18/h1-2,4-7,10-13,19-21,26H,3,8-9,14-16H2,(H,24,27)(H,25,28). The zero-order valence-corrected chi connectivity index (χ0v) is 16.0. The van der Waals surface area contributed by atoms with Crippen molar-refractivity contribution in [1.82, 2.24) is 10.6 Å². The lowest BCUT2D eigenvalue weighted by atomic mass is 9.90. The van der Waals surface area contributed by atoms with Gasteiger partial charge in [-0.2, -0.15) is 0 Å². The van der Waals surface area contributed by atoms with Gasteiger partial charge in [-0.25, -0.2) is 0 Å². The Balaban J connectivity index is 1.73. The second-order valence-electron chi connectivity index (χ2n) is 7.34. The van der Waals surface area contributed by atoms with E-state index in [0.717, 1.165) is 36.8 Å². The minimum atomic E-state index is -0.954. The van der Waals surface area contributed by atoms with Gasteiger partial charge in [-0.15, -0.1) is 0 Å². The van der Waals surface area contributed by atoms with Crippen LogP contribution >= 0.6 is 0 Å². The van der Waals surface area contributed by atoms with Crippen LogP contribution in [0.1, 0.15) is 49.1 Å². The molecule has 148 valence electrons. The van der Waals surface area contributed by atoms with Crippen molar-refractivity contribution in [2.24, 2.45) is 0 Å². The molecule has 3 N–H and O–H groups in total. The molecule has 5 nitrogen and oxygen atoms in total. The molecule has 0 saturated heterocycles. The molecule has 1 unspecified atom stereocenters. The van der Waals surface area contributed by atoms with E-state index in [1.54, 1.807) is 0 Å². The molecule has 0 bridgehead atoms. The number of carbonyl (C=O) groups excluding carboxylic acids is 2. The van der Waals surface area contributed by atoms with E-state index in [0.29, 0.717) is 0 Å². The van der Waals surface area contributed by atoms with Crippen molar-refractivity contribution < 1.29 is 14.7 Å². The minimum absolute atomic E-state index is 0.131. The molecule has 5 heteroatoms. The maximum Gasteiger partial charge on any atom is 0.245 e. The third kappa shape index (κ3) is 5.20. The van der Waals surface area contributed by atoms with Crippen molar-refractivity contribution >= 4 is 11.8 Å². The molecule has 3 rings (SSSR count). The van der Waals surface area contributed by atoms with Gasteiger partial charge in [0.25, 0.3) is 0 Å². The summed E-state index contributed by atoms with van der Waals surface area (Å²) in [6.07, 6.45) is 5.31. The Kier molecular flexibility index (Phi) is 7.20. The van der Waals surface area contributed by atoms with Crippen LogP contribution in [0.4, 0.5) is 0 Å². The van der Waals surface area contributed by atoms with Crippen LogP contribution in [0.25, 0.3) is 0 Å². The fourth-order valence-corrected chi connectivity index (χ4v) is 3.78. The molecule has 1 saturated carbocycles. The first-order chi connectivity index (χ1) is 13.7. The van der Waals surface area contributed by atoms with E-state index in [1.165, 1.54) is 6.42 Å². The van der Waals surface area contributed by atoms with Gasteiger partial charge < -0.3 is 15.7 Å². The summed E-state index contributed by atoms with van der Waals surface area (Å²) in [6.45, 7) is -0.430. The molecule has 2 amide bonds. The quantitative estimate of drug-likeness (QED) is 0.691. The topological polar surface area (TPSA) is 78.4 Å². The number of nitrogens with one attached hydrogen (secondary N) is 2. The molecule has 1 aliphatic rings. The highest BCUT2D eigenvalue weighted by Gasteiger charge is 2.28. The first kappa shape index (κ1) is 20.1. The van der Waals surface area contributed by atoms with E-state index in [2.05, 4.69) is 10.6 Å². The molecular weight excluding hydrogens is 352 g/mol. The lowest BCUT2D eigenvalue weighted by Crippen LogP contribution is -2.52. The zero-order chi connectivity index (χ0) is 19.8. The largest absolute Gasteiger partial charge is 0.394 e. The Morgan fingerprint density at radius 1 is 0.857 bits per heavy atom. The predicted molar refractivity (Wildman–Crippen MR) is 109 cm³/mol. The van der Waals surface area contributed by atoms with Crippen molar-refractivity contribution in [3.05, 3.63) is 71.8 Å². The third-order valence-electron chi connectivity index (χ3n) is 5.30. The first-order valence-electron chi connectivity index (χ1n) is 10.0. The molecule has 1 fully saturated rings. The number of benzene rings is 2. The number of hydrogen-bond donors (Lipinski definition) is 3. The Morgan fingerprint density at radius 3 is 1.89 bits per heavy atom. The molecule has 0 spiro atoms. The molecule has 2 aromatic carbocycles. The highest BCUT2D eigenvalue weighted by molar-refractivity contribution is 5.92. The van der Waals surface area contributed by atoms with Gasteiger partial charge in [-0.05, 0) is 24.0 Å². The lowest BCUT2D eigenvalue weighted by Gasteiger charge is -2.26. The third-order valence-corrected chi connectivity index (χ3v) is 5.30. The average Bonchev–Trinajstić information content (AvgIpc) is 2.74. The normalized spacial score (nSPS) is 15.8. The molecule has 1 aliphatic carbocycles. The van der Waals surface area contributed by atoms with Crippen molar-refractivity contribution in [1.29, 1.82) is 0 Å². The van der Waals surface area contributed by atoms with Gasteiger partial charge >= 0.3 is 0 Å². The molecule has 0 heterocycles. The summed E-state index contributed by atoms with van der Waals surface area (Å²) in [4.78, 5) is 25.7. The lowest BCUT2D eigenvalue weighted by molar-refractivity contribution is -0.130. The minimum Gasteiger partial charge on any atom is -0.394 e. The van der Waals surface area contributed by atoms with Crippen LogP contribution in [0.15, 0.2) is 60.7 Å². The summed E-state index contributed by atoms with van der Waals surface area (Å²) in [5.41, 5.74) is 1.69. The summed E-state index contributed by atoms with van der Waals surface area (Å²) in [5.74, 6) is -1.16. The van der Waals surface area contributed by atoms with Gasteiger partial charge in [0, 0.05) is 6.04 Å². The first-order valence-corrected chi connectivity index (χ1v) is 10.0. The zero-order valence-electron chi connectivity index (χ0n) is 16.0. The molecule has 1 atom stereocenters. The van der Waals surface area contributed by atoms with Gasteiger partial charge in [0.1, 0.15) is 6.04 Å². The second kappa shape index (κ2) is 10.0. The fourth-order valence-electron chi connectivity index (χ4n) is 3.78. The summed E-state index contributed by atoms with van der Waals surface area (Å²) in [5, 5.41) is 15.5. The summed E-state index contributed by atoms with van der Waals surface area (Å²) in [6, 6.07) is 18.1. The maximum absolute atomic E-state index is 13.1. The van der Waals surface area contributed by atoms with Crippen LogP contribution in [0.3, 0.4) is 0 Å². The highest BCUT2D eigenvalue weighted by Crippen LogP contribution is 2.25. The summed E-state index contributed by atoms with van der Waals surface area (Å²) >= 11 is 0. The van der Waals surface area contributed by atoms with Crippen molar-refractivity contribution in [2.45, 2.75) is 50.1 Å². The van der Waals surface area contributed by atoms with E-state index in [-0.39, 0.29) is 17.9 Å². The van der Waals surface area contributed by atoms with E-state index < -0.39 is 18.6 Å². The Labute approximate surface area is 166 Å². The van der Waals surface area contributed by atoms with Crippen LogP contribution in [0, 0.1) is 0 Å². The summed E-state index contributed by atoms with van der Waals surface area (Å²) < 4.78 is 0.